The first-order valence-corrected chi connectivity index (χ1v) is 5.19. The fourth-order valence-electron chi connectivity index (χ4n) is 1.30. The Morgan fingerprint density at radius 2 is 2.08 bits per heavy atom. The maximum Gasteiger partial charge on any atom is 0.0101 e. The van der Waals surface area contributed by atoms with Gasteiger partial charge >= 0.3 is 0 Å². The van der Waals surface area contributed by atoms with E-state index in [1.807, 2.05) is 6.08 Å². The molecule has 1 N–H and O–H groups in total. The van der Waals surface area contributed by atoms with Crippen molar-refractivity contribution >= 4 is 0 Å². The second kappa shape index (κ2) is 8.79. The Kier molecular flexibility index (Phi) is 8.57. The third-order valence-corrected chi connectivity index (χ3v) is 2.04. The van der Waals surface area contributed by atoms with Gasteiger partial charge in [-0.2, -0.15) is 0 Å². The minimum atomic E-state index is 0.669. The van der Waals surface area contributed by atoms with E-state index >= 15 is 0 Å². The smallest absolute Gasteiger partial charge is 0.0101 e. The van der Waals surface area contributed by atoms with Gasteiger partial charge in [0.15, 0.2) is 0 Å². The van der Waals surface area contributed by atoms with Gasteiger partial charge in [-0.25, -0.2) is 0 Å². The van der Waals surface area contributed by atoms with Crippen LogP contribution in [0.4, 0.5) is 0 Å². The molecule has 0 aromatic rings. The number of rotatable bonds is 8. The molecule has 1 unspecified atom stereocenters. The van der Waals surface area contributed by atoms with Crippen molar-refractivity contribution in [2.75, 3.05) is 6.54 Å². The number of nitrogens with one attached hydrogen (secondary N) is 1. The second-order valence-corrected chi connectivity index (χ2v) is 3.32. The van der Waals surface area contributed by atoms with Crippen LogP contribution in [0.1, 0.15) is 46.0 Å². The highest BCUT2D eigenvalue weighted by Gasteiger charge is 2.03. The van der Waals surface area contributed by atoms with E-state index in [9.17, 15) is 0 Å². The first kappa shape index (κ1) is 11.7. The summed E-state index contributed by atoms with van der Waals surface area (Å²) in [5.41, 5.74) is 0. The Bertz CT molecular complexity index is 91.2. The Morgan fingerprint density at radius 1 is 1.33 bits per heavy atom. The number of hydrogen-bond donors (Lipinski definition) is 1. The highest BCUT2D eigenvalue weighted by atomic mass is 14.9. The largest absolute Gasteiger partial charge is 0.314 e. The molecular weight excluding hydrogens is 146 g/mol. The molecule has 0 heterocycles. The van der Waals surface area contributed by atoms with E-state index in [4.69, 9.17) is 0 Å². The van der Waals surface area contributed by atoms with Gasteiger partial charge in [-0.15, -0.1) is 6.58 Å². The van der Waals surface area contributed by atoms with Crippen LogP contribution in [0, 0.1) is 0 Å². The number of hydrogen-bond acceptors (Lipinski definition) is 1. The molecule has 0 fully saturated rings. The first-order chi connectivity index (χ1) is 5.85. The van der Waals surface area contributed by atoms with Crippen LogP contribution < -0.4 is 5.32 Å². The van der Waals surface area contributed by atoms with Gasteiger partial charge in [0.05, 0.1) is 0 Å². The lowest BCUT2D eigenvalue weighted by molar-refractivity contribution is 0.468. The fraction of sp³-hybridized carbons (Fsp3) is 0.818. The highest BCUT2D eigenvalue weighted by Crippen LogP contribution is 2.04. The molecule has 0 amide bonds. The van der Waals surface area contributed by atoms with Gasteiger partial charge in [0.25, 0.3) is 0 Å². The van der Waals surface area contributed by atoms with Crippen LogP contribution in [-0.4, -0.2) is 12.6 Å². The lowest BCUT2D eigenvalue weighted by Crippen LogP contribution is -2.29. The molecule has 0 spiro atoms. The van der Waals surface area contributed by atoms with Crippen molar-refractivity contribution in [3.05, 3.63) is 12.7 Å². The normalized spacial score (nSPS) is 12.8. The average Bonchev–Trinajstić information content (AvgIpc) is 2.10. The summed E-state index contributed by atoms with van der Waals surface area (Å²) in [6.45, 7) is 9.36. The molecule has 0 aliphatic carbocycles. The third kappa shape index (κ3) is 6.41. The zero-order valence-electron chi connectivity index (χ0n) is 8.60. The van der Waals surface area contributed by atoms with Crippen LogP contribution in [0.15, 0.2) is 12.7 Å². The summed E-state index contributed by atoms with van der Waals surface area (Å²) < 4.78 is 0. The Hall–Kier alpha value is -0.300. The van der Waals surface area contributed by atoms with Gasteiger partial charge in [0, 0.05) is 6.04 Å². The van der Waals surface area contributed by atoms with Crippen LogP contribution in [-0.2, 0) is 0 Å². The maximum atomic E-state index is 3.78. The average molecular weight is 169 g/mol. The van der Waals surface area contributed by atoms with Crippen molar-refractivity contribution in [2.45, 2.75) is 52.0 Å². The van der Waals surface area contributed by atoms with Crippen LogP contribution >= 0.6 is 0 Å². The maximum absolute atomic E-state index is 3.78. The fourth-order valence-corrected chi connectivity index (χ4v) is 1.30. The summed E-state index contributed by atoms with van der Waals surface area (Å²) in [6.07, 6.45) is 8.27. The van der Waals surface area contributed by atoms with E-state index in [1.54, 1.807) is 0 Å². The van der Waals surface area contributed by atoms with Crippen LogP contribution in [0.5, 0.6) is 0 Å². The Labute approximate surface area is 77.2 Å². The van der Waals surface area contributed by atoms with E-state index in [-0.39, 0.29) is 0 Å². The van der Waals surface area contributed by atoms with Crippen LogP contribution in [0.2, 0.25) is 0 Å². The van der Waals surface area contributed by atoms with Crippen molar-refractivity contribution < 1.29 is 0 Å². The van der Waals surface area contributed by atoms with Gasteiger partial charge in [0.2, 0.25) is 0 Å². The van der Waals surface area contributed by atoms with Gasteiger partial charge in [-0.05, 0) is 25.8 Å². The molecule has 0 saturated heterocycles. The molecule has 12 heavy (non-hydrogen) atoms. The summed E-state index contributed by atoms with van der Waals surface area (Å²) in [6, 6.07) is 0.669. The summed E-state index contributed by atoms with van der Waals surface area (Å²) in [5, 5.41) is 3.53. The topological polar surface area (TPSA) is 12.0 Å². The molecule has 0 bridgehead atoms. The van der Waals surface area contributed by atoms with Gasteiger partial charge < -0.3 is 5.32 Å². The molecule has 0 aromatic carbocycles. The molecular formula is C11H23N. The van der Waals surface area contributed by atoms with Crippen molar-refractivity contribution in [2.24, 2.45) is 0 Å². The highest BCUT2D eigenvalue weighted by molar-refractivity contribution is 4.77. The lowest BCUT2D eigenvalue weighted by atomic mass is 10.1. The Morgan fingerprint density at radius 3 is 2.58 bits per heavy atom. The molecule has 0 aliphatic rings. The summed E-state index contributed by atoms with van der Waals surface area (Å²) in [4.78, 5) is 0. The molecule has 72 valence electrons. The zero-order valence-corrected chi connectivity index (χ0v) is 8.60. The van der Waals surface area contributed by atoms with Crippen molar-refractivity contribution in [1.82, 2.24) is 5.32 Å². The van der Waals surface area contributed by atoms with Crippen molar-refractivity contribution in [1.29, 1.82) is 0 Å². The quantitative estimate of drug-likeness (QED) is 0.550. The van der Waals surface area contributed by atoms with Crippen molar-refractivity contribution in [3.63, 3.8) is 0 Å². The van der Waals surface area contributed by atoms with Crippen LogP contribution in [0.3, 0.4) is 0 Å². The molecule has 0 aromatic heterocycles. The molecule has 1 heteroatoms. The molecule has 0 aliphatic heterocycles. The molecule has 0 radical (unpaired) electrons. The standard InChI is InChI=1S/C11H23N/c1-4-7-9-11(8-5-2)12-10-6-3/h5,11-12H,2,4,6-10H2,1,3H3. The molecule has 0 saturated carbocycles. The minimum absolute atomic E-state index is 0.669. The summed E-state index contributed by atoms with van der Waals surface area (Å²) >= 11 is 0. The van der Waals surface area contributed by atoms with Crippen LogP contribution in [0.25, 0.3) is 0 Å². The SMILES string of the molecule is C=CCC(CCCC)NCCC. The van der Waals surface area contributed by atoms with E-state index in [2.05, 4.69) is 25.7 Å². The lowest BCUT2D eigenvalue weighted by Gasteiger charge is -2.15. The summed E-state index contributed by atoms with van der Waals surface area (Å²) in [7, 11) is 0. The summed E-state index contributed by atoms with van der Waals surface area (Å²) in [5.74, 6) is 0. The molecule has 1 nitrogen and oxygen atoms in total. The van der Waals surface area contributed by atoms with E-state index in [0.717, 1.165) is 13.0 Å². The first-order valence-electron chi connectivity index (χ1n) is 5.19. The molecule has 0 rings (SSSR count). The predicted octanol–water partition coefficient (Wildman–Crippen LogP) is 3.12. The van der Waals surface area contributed by atoms with Crippen molar-refractivity contribution in [3.8, 4) is 0 Å². The third-order valence-electron chi connectivity index (χ3n) is 2.04. The monoisotopic (exact) mass is 169 g/mol. The van der Waals surface area contributed by atoms with Gasteiger partial charge in [-0.1, -0.05) is 32.8 Å². The van der Waals surface area contributed by atoms with Gasteiger partial charge in [0.1, 0.15) is 0 Å². The zero-order chi connectivity index (χ0) is 9.23. The van der Waals surface area contributed by atoms with E-state index in [0.29, 0.717) is 6.04 Å². The molecule has 1 atom stereocenters. The Balaban J connectivity index is 3.46. The number of unbranched alkanes of at least 4 members (excludes halogenated alkanes) is 1. The second-order valence-electron chi connectivity index (χ2n) is 3.32. The minimum Gasteiger partial charge on any atom is -0.314 e. The van der Waals surface area contributed by atoms with E-state index in [1.165, 1.54) is 25.7 Å². The predicted molar refractivity (Wildman–Crippen MR) is 56.4 cm³/mol. The van der Waals surface area contributed by atoms with E-state index < -0.39 is 0 Å². The van der Waals surface area contributed by atoms with Gasteiger partial charge in [-0.3, -0.25) is 0 Å².